The third-order valence-electron chi connectivity index (χ3n) is 4.14. The molecule has 0 aliphatic carbocycles. The van der Waals surface area contributed by atoms with Crippen molar-refractivity contribution in [2.75, 3.05) is 12.4 Å². The molecule has 1 unspecified atom stereocenters. The highest BCUT2D eigenvalue weighted by molar-refractivity contribution is 6.31. The predicted molar refractivity (Wildman–Crippen MR) is 113 cm³/mol. The monoisotopic (exact) mass is 410 g/mol. The Morgan fingerprint density at radius 2 is 1.97 bits per heavy atom. The molecule has 1 atom stereocenters. The lowest BCUT2D eigenvalue weighted by Crippen LogP contribution is -2.29. The Hall–Kier alpha value is -3.38. The number of hydrogen-bond acceptors (Lipinski definition) is 5. The number of esters is 1. The number of amides is 1. The lowest BCUT2D eigenvalue weighted by molar-refractivity contribution is -0.148. The fourth-order valence-electron chi connectivity index (χ4n) is 2.70. The molecule has 0 aliphatic rings. The third kappa shape index (κ3) is 5.12. The van der Waals surface area contributed by atoms with Crippen LogP contribution in [-0.2, 0) is 14.3 Å². The molecule has 3 rings (SSSR count). The van der Waals surface area contributed by atoms with Crippen LogP contribution in [0.15, 0.2) is 60.8 Å². The molecule has 1 aromatic heterocycles. The minimum atomic E-state index is -1.01. The highest BCUT2D eigenvalue weighted by Crippen LogP contribution is 2.27. The SMILES string of the molecule is COc1ccc(Cl)cc1NC(=O)C(C)OC(=O)/C=C/c1cccc2cccnc12. The Kier molecular flexibility index (Phi) is 6.46. The summed E-state index contributed by atoms with van der Waals surface area (Å²) in [5.74, 6) is -0.692. The number of carbonyl (C=O) groups excluding carboxylic acids is 2. The fraction of sp³-hybridized carbons (Fsp3) is 0.136. The van der Waals surface area contributed by atoms with Gasteiger partial charge >= 0.3 is 5.97 Å². The van der Waals surface area contributed by atoms with E-state index in [4.69, 9.17) is 21.1 Å². The summed E-state index contributed by atoms with van der Waals surface area (Å²) in [6.07, 6.45) is 3.56. The first-order valence-electron chi connectivity index (χ1n) is 8.85. The Bertz CT molecular complexity index is 1080. The van der Waals surface area contributed by atoms with Gasteiger partial charge in [-0.25, -0.2) is 4.79 Å². The lowest BCUT2D eigenvalue weighted by Gasteiger charge is -2.14. The van der Waals surface area contributed by atoms with Crippen molar-refractivity contribution in [2.45, 2.75) is 13.0 Å². The maximum absolute atomic E-state index is 12.4. The zero-order chi connectivity index (χ0) is 20.8. The largest absolute Gasteiger partial charge is 0.495 e. The molecule has 0 saturated carbocycles. The normalized spacial score (nSPS) is 12.0. The van der Waals surface area contributed by atoms with Crippen molar-refractivity contribution in [3.63, 3.8) is 0 Å². The molecule has 148 valence electrons. The molecule has 2 aromatic carbocycles. The molecule has 0 spiro atoms. The van der Waals surface area contributed by atoms with Crippen LogP contribution < -0.4 is 10.1 Å². The standard InChI is InChI=1S/C22H19ClN2O4/c1-14(22(27)25-18-13-17(23)9-10-19(18)28-2)29-20(26)11-8-16-6-3-5-15-7-4-12-24-21(15)16/h3-14H,1-2H3,(H,25,27)/b11-8+. The number of fused-ring (bicyclic) bond motifs is 1. The summed E-state index contributed by atoms with van der Waals surface area (Å²) in [5.41, 5.74) is 1.95. The van der Waals surface area contributed by atoms with Gasteiger partial charge in [0, 0.05) is 28.2 Å². The summed E-state index contributed by atoms with van der Waals surface area (Å²) in [4.78, 5) is 28.8. The number of ether oxygens (including phenoxy) is 2. The van der Waals surface area contributed by atoms with Crippen LogP contribution in [0, 0.1) is 0 Å². The summed E-state index contributed by atoms with van der Waals surface area (Å²) >= 11 is 5.96. The molecular weight excluding hydrogens is 392 g/mol. The lowest BCUT2D eigenvalue weighted by atomic mass is 10.1. The summed E-state index contributed by atoms with van der Waals surface area (Å²) < 4.78 is 10.4. The minimum Gasteiger partial charge on any atom is -0.495 e. The van der Waals surface area contributed by atoms with Crippen molar-refractivity contribution in [3.05, 3.63) is 71.4 Å². The number of aromatic nitrogens is 1. The zero-order valence-corrected chi connectivity index (χ0v) is 16.6. The molecular formula is C22H19ClN2O4. The summed E-state index contributed by atoms with van der Waals surface area (Å²) in [7, 11) is 1.48. The topological polar surface area (TPSA) is 77.5 Å². The van der Waals surface area contributed by atoms with Gasteiger partial charge < -0.3 is 14.8 Å². The molecule has 1 amide bonds. The molecule has 0 bridgehead atoms. The maximum Gasteiger partial charge on any atom is 0.331 e. The van der Waals surface area contributed by atoms with E-state index in [0.717, 1.165) is 16.5 Å². The third-order valence-corrected chi connectivity index (χ3v) is 4.38. The Morgan fingerprint density at radius 3 is 2.76 bits per heavy atom. The van der Waals surface area contributed by atoms with E-state index in [2.05, 4.69) is 10.3 Å². The van der Waals surface area contributed by atoms with Gasteiger partial charge in [0.2, 0.25) is 0 Å². The summed E-state index contributed by atoms with van der Waals surface area (Å²) in [6.45, 7) is 1.48. The number of halogens is 1. The van der Waals surface area contributed by atoms with E-state index in [1.54, 1.807) is 30.5 Å². The second kappa shape index (κ2) is 9.21. The van der Waals surface area contributed by atoms with Crippen LogP contribution in [0.4, 0.5) is 5.69 Å². The first-order valence-corrected chi connectivity index (χ1v) is 9.22. The maximum atomic E-state index is 12.4. The molecule has 1 heterocycles. The van der Waals surface area contributed by atoms with Gasteiger partial charge in [0.25, 0.3) is 5.91 Å². The molecule has 6 nitrogen and oxygen atoms in total. The zero-order valence-electron chi connectivity index (χ0n) is 15.9. The number of hydrogen-bond donors (Lipinski definition) is 1. The highest BCUT2D eigenvalue weighted by Gasteiger charge is 2.18. The van der Waals surface area contributed by atoms with Gasteiger partial charge in [-0.05, 0) is 37.3 Å². The smallest absolute Gasteiger partial charge is 0.331 e. The second-order valence-corrected chi connectivity index (χ2v) is 6.61. The number of benzene rings is 2. The Balaban J connectivity index is 1.65. The van der Waals surface area contributed by atoms with E-state index >= 15 is 0 Å². The van der Waals surface area contributed by atoms with Crippen LogP contribution >= 0.6 is 11.6 Å². The number of anilines is 1. The van der Waals surface area contributed by atoms with E-state index < -0.39 is 18.0 Å². The van der Waals surface area contributed by atoms with Crippen molar-refractivity contribution < 1.29 is 19.1 Å². The molecule has 0 saturated heterocycles. The quantitative estimate of drug-likeness (QED) is 0.479. The van der Waals surface area contributed by atoms with Gasteiger partial charge in [0.15, 0.2) is 6.10 Å². The number of carbonyl (C=O) groups is 2. The molecule has 29 heavy (non-hydrogen) atoms. The molecule has 0 aliphatic heterocycles. The van der Waals surface area contributed by atoms with Gasteiger partial charge in [-0.3, -0.25) is 9.78 Å². The number of nitrogens with zero attached hydrogens (tertiary/aromatic N) is 1. The molecule has 3 aromatic rings. The van der Waals surface area contributed by atoms with Crippen LogP contribution in [0.2, 0.25) is 5.02 Å². The molecule has 7 heteroatoms. The highest BCUT2D eigenvalue weighted by atomic mass is 35.5. The van der Waals surface area contributed by atoms with Crippen LogP contribution in [0.25, 0.3) is 17.0 Å². The fourth-order valence-corrected chi connectivity index (χ4v) is 2.87. The van der Waals surface area contributed by atoms with Crippen molar-refractivity contribution in [1.82, 2.24) is 4.98 Å². The van der Waals surface area contributed by atoms with Crippen molar-refractivity contribution >= 4 is 46.1 Å². The van der Waals surface area contributed by atoms with Gasteiger partial charge in [-0.2, -0.15) is 0 Å². The van der Waals surface area contributed by atoms with E-state index in [1.807, 2.05) is 30.3 Å². The molecule has 0 radical (unpaired) electrons. The van der Waals surface area contributed by atoms with Gasteiger partial charge in [-0.1, -0.05) is 35.9 Å². The predicted octanol–water partition coefficient (Wildman–Crippen LogP) is 4.48. The number of rotatable bonds is 6. The van der Waals surface area contributed by atoms with Crippen molar-refractivity contribution in [2.24, 2.45) is 0 Å². The van der Waals surface area contributed by atoms with E-state index in [9.17, 15) is 9.59 Å². The molecule has 1 N–H and O–H groups in total. The van der Waals surface area contributed by atoms with E-state index in [0.29, 0.717) is 16.5 Å². The number of para-hydroxylation sites is 1. The van der Waals surface area contributed by atoms with E-state index in [-0.39, 0.29) is 0 Å². The Morgan fingerprint density at radius 1 is 1.17 bits per heavy atom. The van der Waals surface area contributed by atoms with Gasteiger partial charge in [-0.15, -0.1) is 0 Å². The molecule has 0 fully saturated rings. The number of methoxy groups -OCH3 is 1. The number of pyridine rings is 1. The van der Waals surface area contributed by atoms with Gasteiger partial charge in [0.05, 0.1) is 18.3 Å². The van der Waals surface area contributed by atoms with Crippen LogP contribution in [0.3, 0.4) is 0 Å². The van der Waals surface area contributed by atoms with Crippen LogP contribution in [0.1, 0.15) is 12.5 Å². The Labute approximate surface area is 173 Å². The summed E-state index contributed by atoms with van der Waals surface area (Å²) in [5, 5.41) is 4.05. The number of nitrogens with one attached hydrogen (secondary N) is 1. The van der Waals surface area contributed by atoms with Gasteiger partial charge in [0.1, 0.15) is 5.75 Å². The van der Waals surface area contributed by atoms with Crippen molar-refractivity contribution in [3.8, 4) is 5.75 Å². The first-order chi connectivity index (χ1) is 14.0. The van der Waals surface area contributed by atoms with Crippen LogP contribution in [0.5, 0.6) is 5.75 Å². The van der Waals surface area contributed by atoms with E-state index in [1.165, 1.54) is 20.1 Å². The van der Waals surface area contributed by atoms with Crippen LogP contribution in [-0.4, -0.2) is 30.1 Å². The summed E-state index contributed by atoms with van der Waals surface area (Å²) in [6, 6.07) is 14.3. The first kappa shape index (κ1) is 20.4. The average Bonchev–Trinajstić information content (AvgIpc) is 2.72. The van der Waals surface area contributed by atoms with Crippen molar-refractivity contribution in [1.29, 1.82) is 0 Å². The minimum absolute atomic E-state index is 0.394. The second-order valence-electron chi connectivity index (χ2n) is 6.17. The average molecular weight is 411 g/mol.